The maximum absolute atomic E-state index is 11.3. The molecular formula is C21H22N4O8. The van der Waals surface area contributed by atoms with E-state index in [4.69, 9.17) is 19.7 Å². The number of nitrogens with zero attached hydrogens (tertiary/aromatic N) is 3. The van der Waals surface area contributed by atoms with Crippen LogP contribution in [0.25, 0.3) is 32.2 Å². The van der Waals surface area contributed by atoms with Crippen molar-refractivity contribution in [1.82, 2.24) is 4.98 Å². The minimum Gasteiger partial charge on any atom is -0.490 e. The highest BCUT2D eigenvalue weighted by Gasteiger charge is 2.48. The zero-order valence-electron chi connectivity index (χ0n) is 17.2. The van der Waals surface area contributed by atoms with Crippen LogP contribution in [0, 0.1) is 0 Å². The van der Waals surface area contributed by atoms with Crippen LogP contribution in [0.4, 0.5) is 0 Å². The molecule has 3 aromatic rings. The van der Waals surface area contributed by atoms with Crippen molar-refractivity contribution in [2.45, 2.75) is 36.8 Å². The predicted octanol–water partition coefficient (Wildman–Crippen LogP) is 1.29. The van der Waals surface area contributed by atoms with Gasteiger partial charge >= 0.3 is 5.97 Å². The third kappa shape index (κ3) is 4.57. The summed E-state index contributed by atoms with van der Waals surface area (Å²) in [6, 6.07) is 13.2. The molecule has 12 heteroatoms. The number of carboxylic acids is 1. The number of aromatic nitrogens is 1. The normalized spacial score (nSPS) is 26.1. The van der Waals surface area contributed by atoms with Gasteiger partial charge in [-0.05, 0) is 23.7 Å². The topological polar surface area (TPSA) is 190 Å². The maximum Gasteiger partial charge on any atom is 0.335 e. The first kappa shape index (κ1) is 22.8. The van der Waals surface area contributed by atoms with Crippen molar-refractivity contribution in [2.75, 3.05) is 13.2 Å². The van der Waals surface area contributed by atoms with Gasteiger partial charge in [-0.1, -0.05) is 29.4 Å². The van der Waals surface area contributed by atoms with Gasteiger partial charge in [-0.25, -0.2) is 4.79 Å². The first-order valence-corrected chi connectivity index (χ1v) is 10.1. The molecule has 0 aliphatic carbocycles. The number of para-hydroxylation sites is 1. The number of hydrogen-bond acceptors (Lipinski definition) is 8. The summed E-state index contributed by atoms with van der Waals surface area (Å²) in [5.41, 5.74) is 10.5. The molecule has 2 heterocycles. The number of carboxylic acid groups (broad SMARTS) is 1. The first-order chi connectivity index (χ1) is 15.9. The van der Waals surface area contributed by atoms with E-state index >= 15 is 0 Å². The Morgan fingerprint density at radius 1 is 1.12 bits per heavy atom. The lowest BCUT2D eigenvalue weighted by Gasteiger charge is -2.39. The number of azide groups is 1. The number of benzene rings is 2. The third-order valence-corrected chi connectivity index (χ3v) is 5.40. The number of hydrogen-bond donors (Lipinski definition) is 5. The number of nitrogens with one attached hydrogen (secondary N) is 1. The van der Waals surface area contributed by atoms with E-state index in [1.165, 1.54) is 0 Å². The van der Waals surface area contributed by atoms with Gasteiger partial charge in [-0.15, -0.1) is 0 Å². The Bertz CT molecular complexity index is 1190. The second-order valence-electron chi connectivity index (χ2n) is 7.57. The average Bonchev–Trinajstić information content (AvgIpc) is 3.20. The molecule has 1 aliphatic rings. The van der Waals surface area contributed by atoms with Crippen molar-refractivity contribution in [3.8, 4) is 5.75 Å². The first-order valence-electron chi connectivity index (χ1n) is 10.1. The van der Waals surface area contributed by atoms with Crippen molar-refractivity contribution in [3.05, 3.63) is 52.9 Å². The molecule has 0 amide bonds. The third-order valence-electron chi connectivity index (χ3n) is 5.40. The van der Waals surface area contributed by atoms with Gasteiger partial charge in [0.2, 0.25) is 0 Å². The van der Waals surface area contributed by atoms with Gasteiger partial charge in [0, 0.05) is 21.2 Å². The van der Waals surface area contributed by atoms with Gasteiger partial charge in [0.25, 0.3) is 0 Å². The SMILES string of the molecule is [N-]=[N+]=NCC(COc1cccc2[nH]c3ccccc3c12)O[C@@H]1O[C@H](C(=O)O)[C@@H](O)[C@H](O)[C@H]1O. The number of aliphatic hydroxyl groups is 3. The van der Waals surface area contributed by atoms with E-state index in [0.29, 0.717) is 5.75 Å². The Balaban J connectivity index is 1.54. The van der Waals surface area contributed by atoms with Crippen molar-refractivity contribution in [2.24, 2.45) is 5.11 Å². The van der Waals surface area contributed by atoms with Crippen LogP contribution >= 0.6 is 0 Å². The van der Waals surface area contributed by atoms with Crippen LogP contribution in [-0.4, -0.2) is 81.3 Å². The van der Waals surface area contributed by atoms with Crippen molar-refractivity contribution in [1.29, 1.82) is 0 Å². The second kappa shape index (κ2) is 9.63. The Labute approximate surface area is 186 Å². The van der Waals surface area contributed by atoms with Crippen LogP contribution in [0.2, 0.25) is 0 Å². The highest BCUT2D eigenvalue weighted by Crippen LogP contribution is 2.33. The zero-order valence-corrected chi connectivity index (χ0v) is 17.2. The summed E-state index contributed by atoms with van der Waals surface area (Å²) in [5, 5.41) is 44.5. The van der Waals surface area contributed by atoms with E-state index in [-0.39, 0.29) is 13.2 Å². The van der Waals surface area contributed by atoms with E-state index in [9.17, 15) is 25.2 Å². The summed E-state index contributed by atoms with van der Waals surface area (Å²) >= 11 is 0. The van der Waals surface area contributed by atoms with Crippen LogP contribution in [0.3, 0.4) is 0 Å². The molecule has 1 saturated heterocycles. The molecule has 0 bridgehead atoms. The number of aliphatic hydroxyl groups excluding tert-OH is 3. The Kier molecular flexibility index (Phi) is 6.65. The summed E-state index contributed by atoms with van der Waals surface area (Å²) in [5.74, 6) is -1.00. The molecule has 1 aromatic heterocycles. The minimum atomic E-state index is -1.84. The van der Waals surface area contributed by atoms with E-state index < -0.39 is 42.8 Å². The molecular weight excluding hydrogens is 436 g/mol. The van der Waals surface area contributed by atoms with Crippen LogP contribution in [0.5, 0.6) is 5.75 Å². The van der Waals surface area contributed by atoms with Crippen molar-refractivity contribution >= 4 is 27.8 Å². The van der Waals surface area contributed by atoms with Crippen LogP contribution in [0.15, 0.2) is 47.6 Å². The molecule has 1 unspecified atom stereocenters. The van der Waals surface area contributed by atoms with Gasteiger partial charge in [0.05, 0.1) is 12.1 Å². The number of ether oxygens (including phenoxy) is 3. The smallest absolute Gasteiger partial charge is 0.335 e. The maximum atomic E-state index is 11.3. The Morgan fingerprint density at radius 3 is 2.64 bits per heavy atom. The van der Waals surface area contributed by atoms with Crippen LogP contribution in [0.1, 0.15) is 0 Å². The van der Waals surface area contributed by atoms with E-state index in [1.54, 1.807) is 12.1 Å². The Morgan fingerprint density at radius 2 is 1.88 bits per heavy atom. The number of aliphatic carboxylic acids is 1. The van der Waals surface area contributed by atoms with Gasteiger partial charge in [0.1, 0.15) is 36.8 Å². The molecule has 0 spiro atoms. The lowest BCUT2D eigenvalue weighted by atomic mass is 9.99. The van der Waals surface area contributed by atoms with E-state index in [1.807, 2.05) is 30.3 Å². The molecule has 4 rings (SSSR count). The number of fused-ring (bicyclic) bond motifs is 3. The summed E-state index contributed by atoms with van der Waals surface area (Å²) in [6.45, 7) is -0.357. The van der Waals surface area contributed by atoms with Gasteiger partial charge in [0.15, 0.2) is 12.4 Å². The molecule has 0 saturated carbocycles. The summed E-state index contributed by atoms with van der Waals surface area (Å²) in [6.07, 6.45) is -9.76. The minimum absolute atomic E-state index is 0.138. The molecule has 33 heavy (non-hydrogen) atoms. The van der Waals surface area contributed by atoms with Crippen LogP contribution < -0.4 is 4.74 Å². The zero-order chi connectivity index (χ0) is 23.5. The largest absolute Gasteiger partial charge is 0.490 e. The molecule has 6 atom stereocenters. The summed E-state index contributed by atoms with van der Waals surface area (Å²) in [7, 11) is 0. The average molecular weight is 458 g/mol. The van der Waals surface area contributed by atoms with Gasteiger partial charge in [-0.2, -0.15) is 0 Å². The second-order valence-corrected chi connectivity index (χ2v) is 7.57. The standard InChI is InChI=1S/C21H22N4O8/c22-25-23-8-10(32-21-18(28)16(26)17(27)19(33-21)20(29)30)9-31-14-7-3-6-13-15(14)11-4-1-2-5-12(11)24-13/h1-7,10,16-19,21,24,26-28H,8-9H2,(H,29,30)/t10?,16-,17-,18+,19-,21+/m0/s1. The van der Waals surface area contributed by atoms with E-state index in [0.717, 1.165) is 21.8 Å². The molecule has 5 N–H and O–H groups in total. The highest BCUT2D eigenvalue weighted by atomic mass is 16.7. The van der Waals surface area contributed by atoms with Crippen LogP contribution in [-0.2, 0) is 14.3 Å². The quantitative estimate of drug-likeness (QED) is 0.189. The fourth-order valence-corrected chi connectivity index (χ4v) is 3.79. The lowest BCUT2D eigenvalue weighted by molar-refractivity contribution is -0.304. The number of rotatable bonds is 8. The van der Waals surface area contributed by atoms with Crippen molar-refractivity contribution < 1.29 is 39.4 Å². The summed E-state index contributed by atoms with van der Waals surface area (Å²) in [4.78, 5) is 17.3. The highest BCUT2D eigenvalue weighted by molar-refractivity contribution is 6.10. The Hall–Kier alpha value is -3.38. The van der Waals surface area contributed by atoms with Gasteiger partial charge < -0.3 is 39.6 Å². The summed E-state index contributed by atoms with van der Waals surface area (Å²) < 4.78 is 16.7. The molecule has 1 fully saturated rings. The van der Waals surface area contributed by atoms with E-state index in [2.05, 4.69) is 15.0 Å². The molecule has 2 aromatic carbocycles. The monoisotopic (exact) mass is 458 g/mol. The number of carbonyl (C=O) groups is 1. The predicted molar refractivity (Wildman–Crippen MR) is 115 cm³/mol. The fraction of sp³-hybridized carbons (Fsp3) is 0.381. The lowest BCUT2D eigenvalue weighted by Crippen LogP contribution is -2.61. The number of H-pyrrole nitrogens is 1. The van der Waals surface area contributed by atoms with Crippen molar-refractivity contribution in [3.63, 3.8) is 0 Å². The fourth-order valence-electron chi connectivity index (χ4n) is 3.79. The van der Waals surface area contributed by atoms with Gasteiger partial charge in [-0.3, -0.25) is 0 Å². The molecule has 0 radical (unpaired) electrons. The molecule has 174 valence electrons. The number of aromatic amines is 1. The molecule has 12 nitrogen and oxygen atoms in total. The molecule has 1 aliphatic heterocycles.